The van der Waals surface area contributed by atoms with Crippen molar-refractivity contribution in [2.45, 2.75) is 33.6 Å². The predicted octanol–water partition coefficient (Wildman–Crippen LogP) is 5.64. The summed E-state index contributed by atoms with van der Waals surface area (Å²) in [5, 5.41) is 3.00. The van der Waals surface area contributed by atoms with Crippen LogP contribution >= 0.6 is 15.9 Å². The maximum absolute atomic E-state index is 12.1. The Morgan fingerprint density at radius 2 is 1.78 bits per heavy atom. The molecule has 0 radical (unpaired) electrons. The first-order chi connectivity index (χ1) is 12.9. The summed E-state index contributed by atoms with van der Waals surface area (Å²) in [5.41, 5.74) is 2.22. The largest absolute Gasteiger partial charge is 0.494 e. The van der Waals surface area contributed by atoms with Gasteiger partial charge < -0.3 is 10.1 Å². The number of amides is 1. The molecule has 0 aliphatic heterocycles. The van der Waals surface area contributed by atoms with E-state index in [1.807, 2.05) is 42.5 Å². The molecule has 2 aromatic carbocycles. The van der Waals surface area contributed by atoms with E-state index in [9.17, 15) is 4.79 Å². The maximum Gasteiger partial charge on any atom is 0.244 e. The van der Waals surface area contributed by atoms with Crippen molar-refractivity contribution in [3.05, 3.63) is 70.2 Å². The molecule has 0 fully saturated rings. The molecule has 0 spiro atoms. The minimum absolute atomic E-state index is 0.0183. The number of halogens is 1. The van der Waals surface area contributed by atoms with Gasteiger partial charge >= 0.3 is 0 Å². The highest BCUT2D eigenvalue weighted by Gasteiger charge is 2.19. The number of hydrogen-bond acceptors (Lipinski definition) is 2. The van der Waals surface area contributed by atoms with Gasteiger partial charge in [0, 0.05) is 17.1 Å². The predicted molar refractivity (Wildman–Crippen MR) is 116 cm³/mol. The molecule has 0 unspecified atom stereocenters. The van der Waals surface area contributed by atoms with Crippen LogP contribution < -0.4 is 10.1 Å². The maximum atomic E-state index is 12.1. The quantitative estimate of drug-likeness (QED) is 0.523. The minimum Gasteiger partial charge on any atom is -0.494 e. The van der Waals surface area contributed by atoms with Crippen LogP contribution in [0.3, 0.4) is 0 Å². The van der Waals surface area contributed by atoms with Gasteiger partial charge in [0.25, 0.3) is 0 Å². The fraction of sp³-hybridized carbons (Fsp3) is 0.348. The summed E-state index contributed by atoms with van der Waals surface area (Å²) >= 11 is 3.45. The van der Waals surface area contributed by atoms with E-state index in [2.05, 4.69) is 54.2 Å². The molecular weight excluding hydrogens is 402 g/mol. The molecule has 1 amide bonds. The molecule has 0 bridgehead atoms. The van der Waals surface area contributed by atoms with Crippen molar-refractivity contribution in [2.24, 2.45) is 5.41 Å². The lowest BCUT2D eigenvalue weighted by atomic mass is 9.85. The van der Waals surface area contributed by atoms with Gasteiger partial charge in [-0.1, -0.05) is 61.0 Å². The summed E-state index contributed by atoms with van der Waals surface area (Å²) in [5.74, 6) is 0.776. The average Bonchev–Trinajstić information content (AvgIpc) is 2.65. The number of carbonyl (C=O) groups is 1. The third-order valence-electron chi connectivity index (χ3n) is 4.12. The highest BCUT2D eigenvalue weighted by atomic mass is 79.9. The van der Waals surface area contributed by atoms with Crippen LogP contribution in [0.25, 0.3) is 6.08 Å². The molecule has 0 saturated heterocycles. The minimum atomic E-state index is -0.0785. The number of benzene rings is 2. The smallest absolute Gasteiger partial charge is 0.244 e. The normalized spacial score (nSPS) is 11.6. The number of ether oxygens (including phenoxy) is 1. The Morgan fingerprint density at radius 1 is 1.11 bits per heavy atom. The monoisotopic (exact) mass is 429 g/mol. The lowest BCUT2D eigenvalue weighted by Crippen LogP contribution is -2.34. The van der Waals surface area contributed by atoms with Crippen LogP contribution in [0.1, 0.15) is 38.3 Å². The van der Waals surface area contributed by atoms with Crippen molar-refractivity contribution in [1.29, 1.82) is 0 Å². The van der Waals surface area contributed by atoms with Gasteiger partial charge in [-0.3, -0.25) is 4.79 Å². The van der Waals surface area contributed by atoms with Gasteiger partial charge in [0.2, 0.25) is 5.91 Å². The molecule has 2 aromatic rings. The SMILES string of the molecule is CCCOc1ccc(/C=C/C(=O)NCC(C)(C)Cc2ccc(Br)cc2)cc1. The molecule has 0 aliphatic carbocycles. The van der Waals surface area contributed by atoms with Crippen LogP contribution in [-0.4, -0.2) is 19.1 Å². The van der Waals surface area contributed by atoms with Gasteiger partial charge in [-0.05, 0) is 59.7 Å². The fourth-order valence-corrected chi connectivity index (χ4v) is 2.93. The Morgan fingerprint density at radius 3 is 2.41 bits per heavy atom. The molecular formula is C23H28BrNO2. The Balaban J connectivity index is 1.81. The van der Waals surface area contributed by atoms with E-state index in [4.69, 9.17) is 4.74 Å². The number of carbonyl (C=O) groups excluding carboxylic acids is 1. The first-order valence-electron chi connectivity index (χ1n) is 9.31. The van der Waals surface area contributed by atoms with Gasteiger partial charge in [-0.2, -0.15) is 0 Å². The third-order valence-corrected chi connectivity index (χ3v) is 4.65. The Hall–Kier alpha value is -2.07. The van der Waals surface area contributed by atoms with Crippen molar-refractivity contribution >= 4 is 27.9 Å². The molecule has 0 aliphatic rings. The van der Waals surface area contributed by atoms with Crippen molar-refractivity contribution in [1.82, 2.24) is 5.32 Å². The highest BCUT2D eigenvalue weighted by Crippen LogP contribution is 2.22. The summed E-state index contributed by atoms with van der Waals surface area (Å²) in [6, 6.07) is 16.1. The second-order valence-electron chi connectivity index (χ2n) is 7.44. The summed E-state index contributed by atoms with van der Waals surface area (Å²) in [6.07, 6.45) is 5.29. The lowest BCUT2D eigenvalue weighted by Gasteiger charge is -2.25. The molecule has 0 heterocycles. The van der Waals surface area contributed by atoms with E-state index in [1.54, 1.807) is 6.08 Å². The van der Waals surface area contributed by atoms with Crippen LogP contribution in [-0.2, 0) is 11.2 Å². The van der Waals surface area contributed by atoms with E-state index in [0.29, 0.717) is 13.2 Å². The zero-order valence-corrected chi connectivity index (χ0v) is 17.9. The zero-order chi connectivity index (χ0) is 19.7. The van der Waals surface area contributed by atoms with Crippen molar-refractivity contribution < 1.29 is 9.53 Å². The molecule has 4 heteroatoms. The van der Waals surface area contributed by atoms with E-state index in [0.717, 1.165) is 28.6 Å². The van der Waals surface area contributed by atoms with E-state index in [-0.39, 0.29) is 11.3 Å². The molecule has 0 saturated carbocycles. The summed E-state index contributed by atoms with van der Waals surface area (Å²) in [7, 11) is 0. The zero-order valence-electron chi connectivity index (χ0n) is 16.3. The van der Waals surface area contributed by atoms with Crippen LogP contribution in [0, 0.1) is 5.41 Å². The van der Waals surface area contributed by atoms with Gasteiger partial charge in [0.05, 0.1) is 6.61 Å². The van der Waals surface area contributed by atoms with Crippen molar-refractivity contribution in [3.8, 4) is 5.75 Å². The van der Waals surface area contributed by atoms with Crippen LogP contribution in [0.2, 0.25) is 0 Å². The van der Waals surface area contributed by atoms with Crippen LogP contribution in [0.15, 0.2) is 59.1 Å². The molecule has 144 valence electrons. The van der Waals surface area contributed by atoms with Gasteiger partial charge in [-0.25, -0.2) is 0 Å². The molecule has 27 heavy (non-hydrogen) atoms. The van der Waals surface area contributed by atoms with E-state index in [1.165, 1.54) is 5.56 Å². The molecule has 0 aromatic heterocycles. The molecule has 1 N–H and O–H groups in total. The van der Waals surface area contributed by atoms with Crippen LogP contribution in [0.5, 0.6) is 5.75 Å². The standard InChI is InChI=1S/C23H28BrNO2/c1-4-15-27-21-12-7-18(8-13-21)9-14-22(26)25-17-23(2,3)16-19-5-10-20(24)11-6-19/h5-14H,4,15-17H2,1-3H3,(H,25,26)/b14-9+. The summed E-state index contributed by atoms with van der Waals surface area (Å²) in [4.78, 5) is 12.1. The van der Waals surface area contributed by atoms with E-state index < -0.39 is 0 Å². The number of nitrogens with one attached hydrogen (secondary N) is 1. The second kappa shape index (κ2) is 10.3. The molecule has 2 rings (SSSR count). The molecule has 3 nitrogen and oxygen atoms in total. The van der Waals surface area contributed by atoms with Crippen molar-refractivity contribution in [3.63, 3.8) is 0 Å². The average molecular weight is 430 g/mol. The second-order valence-corrected chi connectivity index (χ2v) is 8.35. The summed E-state index contributed by atoms with van der Waals surface area (Å²) < 4.78 is 6.64. The fourth-order valence-electron chi connectivity index (χ4n) is 2.67. The topological polar surface area (TPSA) is 38.3 Å². The first kappa shape index (κ1) is 21.2. The number of hydrogen-bond donors (Lipinski definition) is 1. The Kier molecular flexibility index (Phi) is 8.11. The third kappa shape index (κ3) is 8.00. The first-order valence-corrected chi connectivity index (χ1v) is 10.1. The van der Waals surface area contributed by atoms with Gasteiger partial charge in [0.1, 0.15) is 5.75 Å². The van der Waals surface area contributed by atoms with Gasteiger partial charge in [-0.15, -0.1) is 0 Å². The highest BCUT2D eigenvalue weighted by molar-refractivity contribution is 9.10. The summed E-state index contributed by atoms with van der Waals surface area (Å²) in [6.45, 7) is 7.74. The number of rotatable bonds is 9. The molecule has 0 atom stereocenters. The lowest BCUT2D eigenvalue weighted by molar-refractivity contribution is -0.116. The Bertz CT molecular complexity index is 749. The van der Waals surface area contributed by atoms with Crippen molar-refractivity contribution in [2.75, 3.05) is 13.2 Å². The van der Waals surface area contributed by atoms with Crippen LogP contribution in [0.4, 0.5) is 0 Å². The Labute approximate surface area is 171 Å². The van der Waals surface area contributed by atoms with Gasteiger partial charge in [0.15, 0.2) is 0 Å². The van der Waals surface area contributed by atoms with E-state index >= 15 is 0 Å².